The lowest BCUT2D eigenvalue weighted by atomic mass is 9.98. The summed E-state index contributed by atoms with van der Waals surface area (Å²) < 4.78 is 45.3. The number of aromatic nitrogens is 12. The van der Waals surface area contributed by atoms with E-state index < -0.39 is 35.7 Å². The lowest BCUT2D eigenvalue weighted by molar-refractivity contribution is -0.138. The monoisotopic (exact) mass is 1710 g/mol. The number of anilines is 6. The number of aryl methyl sites for hydroxylation is 5. The van der Waals surface area contributed by atoms with Crippen LogP contribution in [-0.4, -0.2) is 209 Å². The smallest absolute Gasteiger partial charge is 0.289 e. The largest absolute Gasteiger partial charge is 0.496 e. The van der Waals surface area contributed by atoms with Crippen LogP contribution in [0.3, 0.4) is 0 Å². The second-order valence-corrected chi connectivity index (χ2v) is 32.5. The third kappa shape index (κ3) is 16.5. The number of H-pyrrole nitrogens is 2. The average molecular weight is 1720 g/mol. The van der Waals surface area contributed by atoms with Crippen molar-refractivity contribution < 1.29 is 71.1 Å². The maximum Gasteiger partial charge on any atom is 0.289 e. The van der Waals surface area contributed by atoms with E-state index in [0.717, 1.165) is 91.3 Å². The quantitative estimate of drug-likeness (QED) is 0.0127. The maximum atomic E-state index is 14.3. The Bertz CT molecular complexity index is 6290. The van der Waals surface area contributed by atoms with Crippen molar-refractivity contribution in [3.63, 3.8) is 0 Å². The van der Waals surface area contributed by atoms with Gasteiger partial charge < -0.3 is 84.4 Å². The number of ether oxygens (including phenoxy) is 5. The van der Waals surface area contributed by atoms with Gasteiger partial charge in [-0.3, -0.25) is 49.0 Å². The molecule has 37 heteroatoms. The molecular weight excluding hydrogens is 1620 g/mol. The number of fused-ring (bicyclic) bond motifs is 8. The minimum absolute atomic E-state index is 0.0491. The first-order valence-corrected chi connectivity index (χ1v) is 43.0. The fourth-order valence-electron chi connectivity index (χ4n) is 17.6. The lowest BCUT2D eigenvalue weighted by Crippen LogP contribution is -2.52. The summed E-state index contributed by atoms with van der Waals surface area (Å²) in [7, 11) is 3.23. The number of piperidine rings is 2. The van der Waals surface area contributed by atoms with Crippen LogP contribution in [0.15, 0.2) is 81.8 Å². The molecule has 0 radical (unpaired) electrons. The van der Waals surface area contributed by atoms with Crippen LogP contribution in [0, 0.1) is 20.8 Å². The molecule has 12 heterocycles. The number of carbonyl (C=O) groups excluding carboxylic acids is 8. The van der Waals surface area contributed by atoms with Crippen molar-refractivity contribution in [2.24, 2.45) is 0 Å². The molecule has 2 saturated carbocycles. The SMILES string of the molecule is CCn1nc(C2CC2)cc1Nc1nc(C(=O)NCCCCNc2cccc3c2CN(C2CCC(=O)NC2=O)C3=O)nc2[nH]c3cc(-c4c(C5CC5c5cc(Nc6nc(C(=O)NCCCOCCOCCOCCCNc7cccc8c7CN(C7CCC(=O)NC7=O)C8=O)nc7[nH]c8cc(-c9c(C)noc9C)c(OC)cc8c67)n(CC)n5)noc4C)c(OC)cc3c12. The van der Waals surface area contributed by atoms with Gasteiger partial charge in [-0.15, -0.1) is 0 Å². The lowest BCUT2D eigenvalue weighted by Gasteiger charge is -2.29. The van der Waals surface area contributed by atoms with E-state index in [-0.39, 0.29) is 86.0 Å². The van der Waals surface area contributed by atoms with Gasteiger partial charge in [0.25, 0.3) is 23.6 Å². The summed E-state index contributed by atoms with van der Waals surface area (Å²) in [6.45, 7) is 15.3. The highest BCUT2D eigenvalue weighted by molar-refractivity contribution is 6.16. The Labute approximate surface area is 721 Å². The number of nitrogens with one attached hydrogen (secondary N) is 10. The Kier molecular flexibility index (Phi) is 23.5. The van der Waals surface area contributed by atoms with Crippen molar-refractivity contribution in [3.8, 4) is 33.8 Å². The number of benzene rings is 4. The number of hydrogen-bond donors (Lipinski definition) is 10. The van der Waals surface area contributed by atoms with Gasteiger partial charge in [-0.25, -0.2) is 29.3 Å². The molecule has 2 aliphatic carbocycles. The first-order valence-electron chi connectivity index (χ1n) is 43.0. The fourth-order valence-corrected chi connectivity index (χ4v) is 17.6. The molecule has 4 atom stereocenters. The van der Waals surface area contributed by atoms with Gasteiger partial charge in [0.05, 0.1) is 85.3 Å². The van der Waals surface area contributed by atoms with Crippen LogP contribution in [0.1, 0.15) is 190 Å². The molecule has 0 bridgehead atoms. The van der Waals surface area contributed by atoms with E-state index in [2.05, 4.69) is 57.7 Å². The number of rotatable bonds is 38. The molecule has 10 N–H and O–H groups in total. The molecule has 654 valence electrons. The second kappa shape index (κ2) is 35.5. The van der Waals surface area contributed by atoms with E-state index in [9.17, 15) is 38.4 Å². The van der Waals surface area contributed by atoms with Crippen molar-refractivity contribution in [1.29, 1.82) is 0 Å². The molecule has 2 saturated heterocycles. The molecule has 0 spiro atoms. The third-order valence-corrected chi connectivity index (χ3v) is 24.3. The zero-order valence-corrected chi connectivity index (χ0v) is 71.0. The molecule has 8 aromatic heterocycles. The first kappa shape index (κ1) is 83.2. The summed E-state index contributed by atoms with van der Waals surface area (Å²) in [5.74, 6) is 1.44. The summed E-state index contributed by atoms with van der Waals surface area (Å²) >= 11 is 0. The molecule has 4 aliphatic heterocycles. The number of imide groups is 2. The zero-order valence-electron chi connectivity index (χ0n) is 71.0. The summed E-state index contributed by atoms with van der Waals surface area (Å²) in [6, 6.07) is 21.4. The summed E-state index contributed by atoms with van der Waals surface area (Å²) in [5, 5.41) is 46.6. The number of methoxy groups -OCH3 is 2. The molecule has 4 aromatic carbocycles. The Morgan fingerprint density at radius 3 is 1.51 bits per heavy atom. The Hall–Kier alpha value is -13.7. The summed E-state index contributed by atoms with van der Waals surface area (Å²) in [5.41, 5.74) is 12.8. The fraction of sp³-hybridized carbons (Fsp3) is 0.416. The molecular formula is C89H98N22O15. The van der Waals surface area contributed by atoms with E-state index in [1.807, 2.05) is 105 Å². The Morgan fingerprint density at radius 2 is 1.00 bits per heavy atom. The normalized spacial score (nSPS) is 17.4. The van der Waals surface area contributed by atoms with Crippen molar-refractivity contribution >= 4 is 126 Å². The van der Waals surface area contributed by atoms with Gasteiger partial charge in [0.1, 0.15) is 69.7 Å². The molecule has 126 heavy (non-hydrogen) atoms. The number of nitrogens with zero attached hydrogens (tertiary/aromatic N) is 12. The van der Waals surface area contributed by atoms with Crippen LogP contribution in [0.4, 0.5) is 34.6 Å². The van der Waals surface area contributed by atoms with Crippen LogP contribution >= 0.6 is 0 Å². The van der Waals surface area contributed by atoms with E-state index in [1.54, 1.807) is 31.3 Å². The van der Waals surface area contributed by atoms with Crippen LogP contribution in [-0.2, 0) is 59.6 Å². The molecule has 18 rings (SSSR count). The molecule has 8 amide bonds. The van der Waals surface area contributed by atoms with Gasteiger partial charge in [0.15, 0.2) is 0 Å². The average Bonchev–Trinajstić information content (AvgIpc) is 1.57. The minimum Gasteiger partial charge on any atom is -0.496 e. The van der Waals surface area contributed by atoms with Gasteiger partial charge in [0.2, 0.25) is 35.3 Å². The Morgan fingerprint density at radius 1 is 0.524 bits per heavy atom. The summed E-state index contributed by atoms with van der Waals surface area (Å²) in [4.78, 5) is 134. The predicted octanol–water partition coefficient (Wildman–Crippen LogP) is 10.7. The maximum absolute atomic E-state index is 14.3. The number of unbranched alkanes of at least 4 members (excludes halogenated alkanes) is 1. The van der Waals surface area contributed by atoms with E-state index in [0.29, 0.717) is 207 Å². The predicted molar refractivity (Wildman–Crippen MR) is 463 cm³/mol. The minimum atomic E-state index is -0.720. The number of amides is 8. The number of hydrogen-bond acceptors (Lipinski definition) is 27. The van der Waals surface area contributed by atoms with Crippen molar-refractivity contribution in [2.45, 2.75) is 161 Å². The second-order valence-electron chi connectivity index (χ2n) is 32.5. The van der Waals surface area contributed by atoms with Gasteiger partial charge in [-0.1, -0.05) is 22.4 Å². The Balaban J connectivity index is 0.526. The van der Waals surface area contributed by atoms with E-state index in [4.69, 9.17) is 68.0 Å². The van der Waals surface area contributed by atoms with Crippen LogP contribution < -0.4 is 52.0 Å². The standard InChI is InChI=1S/C89H98N22O15/c1-8-110-69(41-61(104-110)48-20-21-48)96-80-76-54-40-68(121-7)56(38-63(54)95-79(76)100-82(102-80)86(116)92-27-11-10-26-90-59-18-12-16-49-57(59)43-108(88(49)118)65-22-24-71(112)98-84(65)114)74-47(5)126-107-77(74)52-36-51(52)64-42-70(111(9-2)105-64)97-81-75-53-39-67(120-6)55(73-45(3)106-125-46(73)4)37-62(53)94-78(75)101-83(103-81)87(117)93-29-15-31-123-33-35-124-34-32-122-30-14-28-91-60-19-13-17-50-58(60)44-109(89(50)119)66-23-25-72(113)99-85(66)115/h12-13,16-19,37-42,48,51-52,65-66,90-91H,8-11,14-15,20-36,43-44H2,1-7H3,(H,92,116)(H,93,117)(H,98,112,114)(H,99,113,115)(H2,94,97,101,103)(H2,95,96,100,102). The molecule has 4 unspecified atom stereocenters. The molecule has 37 nitrogen and oxygen atoms in total. The number of aromatic amines is 2. The van der Waals surface area contributed by atoms with Gasteiger partial charge >= 0.3 is 0 Å². The van der Waals surface area contributed by atoms with Crippen LogP contribution in [0.25, 0.3) is 66.1 Å². The van der Waals surface area contributed by atoms with Gasteiger partial charge in [0, 0.05) is 175 Å². The molecule has 4 fully saturated rings. The van der Waals surface area contributed by atoms with Crippen molar-refractivity contribution in [2.75, 3.05) is 101 Å². The van der Waals surface area contributed by atoms with Crippen LogP contribution in [0.5, 0.6) is 11.5 Å². The van der Waals surface area contributed by atoms with Crippen LogP contribution in [0.2, 0.25) is 0 Å². The van der Waals surface area contributed by atoms with E-state index >= 15 is 0 Å². The molecule has 6 aliphatic rings. The topological polar surface area (TPSA) is 456 Å². The highest BCUT2D eigenvalue weighted by Gasteiger charge is 2.47. The van der Waals surface area contributed by atoms with Crippen molar-refractivity contribution in [3.05, 3.63) is 141 Å². The molecule has 12 aromatic rings. The van der Waals surface area contributed by atoms with Gasteiger partial charge in [-0.05, 0) is 141 Å². The zero-order chi connectivity index (χ0) is 87.1. The van der Waals surface area contributed by atoms with Gasteiger partial charge in [-0.2, -0.15) is 10.2 Å². The van der Waals surface area contributed by atoms with Crippen molar-refractivity contribution in [1.82, 2.24) is 90.8 Å². The highest BCUT2D eigenvalue weighted by atomic mass is 16.5. The summed E-state index contributed by atoms with van der Waals surface area (Å²) in [6.07, 6.45) is 6.24. The van der Waals surface area contributed by atoms with E-state index in [1.165, 1.54) is 4.90 Å². The number of carbonyl (C=O) groups is 8. The third-order valence-electron chi connectivity index (χ3n) is 24.3. The first-order chi connectivity index (χ1) is 61.3. The highest BCUT2D eigenvalue weighted by Crippen LogP contribution is 2.58.